The predicted molar refractivity (Wildman–Crippen MR) is 93.2 cm³/mol. The normalized spacial score (nSPS) is 10.7. The van der Waals surface area contributed by atoms with Gasteiger partial charge in [0.05, 0.1) is 17.5 Å². The predicted octanol–water partition coefficient (Wildman–Crippen LogP) is 2.58. The molecule has 3 aromatic rings. The number of aromatic carboxylic acids is 1. The lowest BCUT2D eigenvalue weighted by Crippen LogP contribution is -2.02. The summed E-state index contributed by atoms with van der Waals surface area (Å²) < 4.78 is 34.9. The number of aromatic nitrogens is 1. The van der Waals surface area contributed by atoms with E-state index in [4.69, 9.17) is 19.5 Å². The Kier molecular flexibility index (Phi) is 5.75. The first-order chi connectivity index (χ1) is 12.2. The van der Waals surface area contributed by atoms with Crippen molar-refractivity contribution in [1.82, 2.24) is 4.98 Å². The molecule has 0 saturated carbocycles. The number of benzene rings is 2. The second kappa shape index (κ2) is 7.81. The molecule has 3 rings (SSSR count). The number of carboxylic acids is 1. The van der Waals surface area contributed by atoms with E-state index >= 15 is 0 Å². The number of aromatic hydroxyl groups is 1. The van der Waals surface area contributed by atoms with Crippen LogP contribution >= 0.6 is 0 Å². The molecular formula is C17H15NO7S. The number of hydrogen-bond acceptors (Lipinski definition) is 6. The fourth-order valence-corrected chi connectivity index (χ4v) is 2.53. The van der Waals surface area contributed by atoms with Crippen molar-refractivity contribution in [1.29, 1.82) is 0 Å². The number of fused-ring (bicyclic) bond motifs is 1. The number of phenols is 1. The standard InChI is InChI=1S/C10H9NO.C7H6O6S/c1-12-9-4-5-10-8(7-9)3-2-6-11-10;8-6-2-1-4(14(11,12)13)3-5(6)7(9)10/h2-7H,1H3;1-3,8H,(H,9,10)(H,11,12,13). The Bertz CT molecular complexity index is 1050. The van der Waals surface area contributed by atoms with E-state index in [9.17, 15) is 13.2 Å². The van der Waals surface area contributed by atoms with Crippen LogP contribution in [0.4, 0.5) is 0 Å². The van der Waals surface area contributed by atoms with Crippen molar-refractivity contribution in [3.05, 3.63) is 60.3 Å². The summed E-state index contributed by atoms with van der Waals surface area (Å²) in [7, 11) is -2.79. The minimum absolute atomic E-state index is 0.565. The molecule has 136 valence electrons. The van der Waals surface area contributed by atoms with Crippen LogP contribution in [0, 0.1) is 0 Å². The van der Waals surface area contributed by atoms with E-state index in [-0.39, 0.29) is 0 Å². The zero-order valence-corrected chi connectivity index (χ0v) is 14.3. The van der Waals surface area contributed by atoms with Crippen molar-refractivity contribution in [2.75, 3.05) is 7.11 Å². The number of pyridine rings is 1. The van der Waals surface area contributed by atoms with E-state index in [1.165, 1.54) is 0 Å². The van der Waals surface area contributed by atoms with Crippen LogP contribution in [-0.2, 0) is 10.1 Å². The molecule has 0 saturated heterocycles. The van der Waals surface area contributed by atoms with Crippen LogP contribution in [0.2, 0.25) is 0 Å². The maximum absolute atomic E-state index is 10.6. The first kappa shape index (κ1) is 19.2. The SMILES string of the molecule is COc1ccc2ncccc2c1.O=C(O)c1cc(S(=O)(=O)O)ccc1O. The molecule has 0 amide bonds. The second-order valence-electron chi connectivity index (χ2n) is 5.02. The highest BCUT2D eigenvalue weighted by atomic mass is 32.2. The first-order valence-electron chi connectivity index (χ1n) is 7.15. The summed E-state index contributed by atoms with van der Waals surface area (Å²) in [6, 6.07) is 12.2. The lowest BCUT2D eigenvalue weighted by atomic mass is 10.2. The third-order valence-corrected chi connectivity index (χ3v) is 4.16. The fraction of sp³-hybridized carbons (Fsp3) is 0.0588. The number of ether oxygens (including phenoxy) is 1. The molecule has 1 aromatic heterocycles. The Morgan fingerprint density at radius 1 is 1.12 bits per heavy atom. The lowest BCUT2D eigenvalue weighted by molar-refractivity contribution is 0.0693. The number of hydrogen-bond donors (Lipinski definition) is 3. The van der Waals surface area contributed by atoms with Gasteiger partial charge in [-0.2, -0.15) is 8.42 Å². The molecule has 1 heterocycles. The average molecular weight is 377 g/mol. The molecule has 0 unspecified atom stereocenters. The summed E-state index contributed by atoms with van der Waals surface area (Å²) in [6.07, 6.45) is 1.79. The smallest absolute Gasteiger partial charge is 0.339 e. The van der Waals surface area contributed by atoms with Crippen LogP contribution < -0.4 is 4.74 Å². The number of nitrogens with zero attached hydrogens (tertiary/aromatic N) is 1. The molecule has 0 radical (unpaired) electrons. The molecule has 2 aromatic carbocycles. The third-order valence-electron chi connectivity index (χ3n) is 3.31. The molecule has 0 spiro atoms. The number of carboxylic acid groups (broad SMARTS) is 1. The maximum atomic E-state index is 10.6. The quantitative estimate of drug-likeness (QED) is 0.593. The van der Waals surface area contributed by atoms with Gasteiger partial charge >= 0.3 is 5.97 Å². The van der Waals surface area contributed by atoms with Gasteiger partial charge in [-0.3, -0.25) is 9.54 Å². The molecule has 0 aliphatic heterocycles. The van der Waals surface area contributed by atoms with Crippen molar-refractivity contribution in [2.45, 2.75) is 4.90 Å². The highest BCUT2D eigenvalue weighted by Crippen LogP contribution is 2.21. The monoisotopic (exact) mass is 377 g/mol. The van der Waals surface area contributed by atoms with Gasteiger partial charge in [0.1, 0.15) is 17.1 Å². The lowest BCUT2D eigenvalue weighted by Gasteiger charge is -2.01. The molecule has 8 nitrogen and oxygen atoms in total. The van der Waals surface area contributed by atoms with Gasteiger partial charge in [0.25, 0.3) is 10.1 Å². The number of rotatable bonds is 3. The van der Waals surface area contributed by atoms with Crippen LogP contribution in [0.5, 0.6) is 11.5 Å². The highest BCUT2D eigenvalue weighted by Gasteiger charge is 2.16. The average Bonchev–Trinajstić information content (AvgIpc) is 2.61. The Hall–Kier alpha value is -3.17. The van der Waals surface area contributed by atoms with Gasteiger partial charge in [0, 0.05) is 11.6 Å². The van der Waals surface area contributed by atoms with Crippen molar-refractivity contribution in [2.24, 2.45) is 0 Å². The van der Waals surface area contributed by atoms with Crippen LogP contribution in [0.1, 0.15) is 10.4 Å². The Labute approximate surface area is 149 Å². The van der Waals surface area contributed by atoms with Gasteiger partial charge in [0.2, 0.25) is 0 Å². The summed E-state index contributed by atoms with van der Waals surface area (Å²) in [5, 5.41) is 18.6. The molecule has 26 heavy (non-hydrogen) atoms. The summed E-state index contributed by atoms with van der Waals surface area (Å²) in [5.74, 6) is -1.17. The fourth-order valence-electron chi connectivity index (χ4n) is 2.03. The summed E-state index contributed by atoms with van der Waals surface area (Å²) in [4.78, 5) is 14.1. The summed E-state index contributed by atoms with van der Waals surface area (Å²) in [6.45, 7) is 0. The van der Waals surface area contributed by atoms with Crippen molar-refractivity contribution in [3.63, 3.8) is 0 Å². The van der Waals surface area contributed by atoms with E-state index in [2.05, 4.69) is 4.98 Å². The maximum Gasteiger partial charge on any atom is 0.339 e. The molecule has 0 atom stereocenters. The van der Waals surface area contributed by atoms with Gasteiger partial charge in [-0.25, -0.2) is 4.79 Å². The van der Waals surface area contributed by atoms with Crippen LogP contribution in [0.3, 0.4) is 0 Å². The second-order valence-corrected chi connectivity index (χ2v) is 6.44. The minimum Gasteiger partial charge on any atom is -0.507 e. The van der Waals surface area contributed by atoms with Crippen LogP contribution in [0.25, 0.3) is 10.9 Å². The van der Waals surface area contributed by atoms with Crippen molar-refractivity contribution >= 4 is 27.0 Å². The van der Waals surface area contributed by atoms with Gasteiger partial charge < -0.3 is 14.9 Å². The molecule has 0 fully saturated rings. The first-order valence-corrected chi connectivity index (χ1v) is 8.59. The van der Waals surface area contributed by atoms with E-state index in [0.29, 0.717) is 6.07 Å². The van der Waals surface area contributed by atoms with E-state index in [1.807, 2.05) is 30.3 Å². The molecule has 9 heteroatoms. The molecule has 3 N–H and O–H groups in total. The summed E-state index contributed by atoms with van der Waals surface area (Å²) in [5.41, 5.74) is 0.415. The third kappa shape index (κ3) is 4.68. The zero-order chi connectivity index (χ0) is 19.3. The zero-order valence-electron chi connectivity index (χ0n) is 13.5. The van der Waals surface area contributed by atoms with E-state index in [0.717, 1.165) is 28.8 Å². The Morgan fingerprint density at radius 2 is 1.85 bits per heavy atom. The molecule has 0 aliphatic rings. The van der Waals surface area contributed by atoms with Crippen molar-refractivity contribution < 1.29 is 32.7 Å². The Balaban J connectivity index is 0.000000189. The van der Waals surface area contributed by atoms with Crippen LogP contribution in [-0.4, -0.2) is 41.2 Å². The van der Waals surface area contributed by atoms with E-state index in [1.54, 1.807) is 13.3 Å². The molecule has 0 bridgehead atoms. The van der Waals surface area contributed by atoms with Crippen molar-refractivity contribution in [3.8, 4) is 11.5 Å². The largest absolute Gasteiger partial charge is 0.507 e. The Morgan fingerprint density at radius 3 is 2.46 bits per heavy atom. The minimum atomic E-state index is -4.45. The number of carbonyl (C=O) groups is 1. The number of methoxy groups -OCH3 is 1. The van der Waals surface area contributed by atoms with Gasteiger partial charge in [0.15, 0.2) is 0 Å². The van der Waals surface area contributed by atoms with Gasteiger partial charge in [-0.1, -0.05) is 6.07 Å². The topological polar surface area (TPSA) is 134 Å². The molecule has 0 aliphatic carbocycles. The van der Waals surface area contributed by atoms with E-state index < -0.39 is 32.3 Å². The highest BCUT2D eigenvalue weighted by molar-refractivity contribution is 7.85. The van der Waals surface area contributed by atoms with Gasteiger partial charge in [-0.05, 0) is 42.5 Å². The summed E-state index contributed by atoms with van der Waals surface area (Å²) >= 11 is 0. The van der Waals surface area contributed by atoms with Gasteiger partial charge in [-0.15, -0.1) is 0 Å². The molecular weight excluding hydrogens is 362 g/mol. The van der Waals surface area contributed by atoms with Crippen LogP contribution in [0.15, 0.2) is 59.6 Å².